The number of thiazole rings is 1. The SMILES string of the molecule is CCOC(=O)C1=C(C)N=c2s/c(=C\c3ccc(-c4cc(C(=O)O)ccc4Cl)o3)c(=O)n2[C@H]1c1ccc(OC)cc1. The molecule has 4 aromatic rings. The number of nitrogens with zero attached hydrogens (tertiary/aromatic N) is 2. The van der Waals surface area contributed by atoms with E-state index < -0.39 is 18.0 Å². The highest BCUT2D eigenvalue weighted by molar-refractivity contribution is 7.07. The van der Waals surface area contributed by atoms with E-state index in [-0.39, 0.29) is 23.3 Å². The maximum absolute atomic E-state index is 13.8. The van der Waals surface area contributed by atoms with Crippen LogP contribution in [0.25, 0.3) is 17.4 Å². The number of carboxylic acids is 1. The summed E-state index contributed by atoms with van der Waals surface area (Å²) in [5.74, 6) is -0.287. The van der Waals surface area contributed by atoms with E-state index in [0.29, 0.717) is 48.5 Å². The molecule has 0 unspecified atom stereocenters. The van der Waals surface area contributed by atoms with Crippen LogP contribution in [0.15, 0.2) is 80.1 Å². The van der Waals surface area contributed by atoms with E-state index in [1.54, 1.807) is 63.4 Å². The van der Waals surface area contributed by atoms with Crippen LogP contribution in [-0.2, 0) is 9.53 Å². The molecule has 1 aliphatic heterocycles. The number of halogens is 1. The second-order valence-electron chi connectivity index (χ2n) is 8.78. The summed E-state index contributed by atoms with van der Waals surface area (Å²) in [5, 5.41) is 9.65. The van der Waals surface area contributed by atoms with E-state index in [1.165, 1.54) is 22.8 Å². The topological polar surface area (TPSA) is 120 Å². The molecule has 0 saturated heterocycles. The van der Waals surface area contributed by atoms with Crippen LogP contribution < -0.4 is 19.6 Å². The minimum Gasteiger partial charge on any atom is -0.497 e. The summed E-state index contributed by atoms with van der Waals surface area (Å²) in [6.45, 7) is 3.61. The average Bonchev–Trinajstić information content (AvgIpc) is 3.52. The van der Waals surface area contributed by atoms with Gasteiger partial charge in [0.05, 0.1) is 46.1 Å². The van der Waals surface area contributed by atoms with E-state index in [4.69, 9.17) is 25.5 Å². The van der Waals surface area contributed by atoms with Gasteiger partial charge in [0.2, 0.25) is 0 Å². The second kappa shape index (κ2) is 11.0. The van der Waals surface area contributed by atoms with Gasteiger partial charge in [-0.05, 0) is 61.9 Å². The maximum Gasteiger partial charge on any atom is 0.338 e. The normalized spacial score (nSPS) is 15.0. The molecule has 0 fully saturated rings. The van der Waals surface area contributed by atoms with E-state index in [2.05, 4.69) is 4.99 Å². The first-order valence-corrected chi connectivity index (χ1v) is 13.4. The van der Waals surface area contributed by atoms with Crippen molar-refractivity contribution in [1.82, 2.24) is 4.57 Å². The lowest BCUT2D eigenvalue weighted by Gasteiger charge is -2.24. The van der Waals surface area contributed by atoms with Gasteiger partial charge in [0.15, 0.2) is 4.80 Å². The van der Waals surface area contributed by atoms with Crippen molar-refractivity contribution in [2.75, 3.05) is 13.7 Å². The first kappa shape index (κ1) is 27.2. The molecule has 0 saturated carbocycles. The molecule has 1 atom stereocenters. The number of methoxy groups -OCH3 is 1. The van der Waals surface area contributed by atoms with Gasteiger partial charge in [0.25, 0.3) is 5.56 Å². The molecule has 1 aliphatic rings. The lowest BCUT2D eigenvalue weighted by molar-refractivity contribution is -0.139. The maximum atomic E-state index is 13.8. The quantitative estimate of drug-likeness (QED) is 0.322. The van der Waals surface area contributed by atoms with Crippen LogP contribution in [-0.4, -0.2) is 35.3 Å². The van der Waals surface area contributed by atoms with Crippen molar-refractivity contribution >= 4 is 41.0 Å². The van der Waals surface area contributed by atoms with E-state index >= 15 is 0 Å². The van der Waals surface area contributed by atoms with Crippen molar-refractivity contribution in [3.05, 3.63) is 107 Å². The van der Waals surface area contributed by atoms with Gasteiger partial charge in [0, 0.05) is 11.6 Å². The monoisotopic (exact) mass is 578 g/mol. The molecule has 40 heavy (non-hydrogen) atoms. The van der Waals surface area contributed by atoms with Gasteiger partial charge in [0.1, 0.15) is 17.3 Å². The Hall–Kier alpha value is -4.41. The number of esters is 1. The van der Waals surface area contributed by atoms with Gasteiger partial charge in [-0.25, -0.2) is 14.6 Å². The van der Waals surface area contributed by atoms with Crippen LogP contribution in [0.4, 0.5) is 0 Å². The molecule has 2 aromatic carbocycles. The number of benzene rings is 2. The lowest BCUT2D eigenvalue weighted by atomic mass is 9.96. The Morgan fingerprint density at radius 3 is 2.60 bits per heavy atom. The molecule has 0 radical (unpaired) electrons. The summed E-state index contributed by atoms with van der Waals surface area (Å²) >= 11 is 7.45. The Bertz CT molecular complexity index is 1850. The molecule has 0 spiro atoms. The van der Waals surface area contributed by atoms with E-state index in [0.717, 1.165) is 11.3 Å². The summed E-state index contributed by atoms with van der Waals surface area (Å²) < 4.78 is 18.3. The number of ether oxygens (including phenoxy) is 2. The van der Waals surface area contributed by atoms with Crippen LogP contribution in [0.3, 0.4) is 0 Å². The molecule has 0 amide bonds. The lowest BCUT2D eigenvalue weighted by Crippen LogP contribution is -2.39. The zero-order valence-electron chi connectivity index (χ0n) is 21.6. The number of rotatable bonds is 7. The van der Waals surface area contributed by atoms with Crippen molar-refractivity contribution in [2.45, 2.75) is 19.9 Å². The van der Waals surface area contributed by atoms with Crippen LogP contribution in [0, 0.1) is 0 Å². The molecule has 204 valence electrons. The molecule has 1 N–H and O–H groups in total. The number of carboxylic acid groups (broad SMARTS) is 1. The fourth-order valence-electron chi connectivity index (χ4n) is 4.44. The highest BCUT2D eigenvalue weighted by Crippen LogP contribution is 2.32. The number of aromatic nitrogens is 1. The summed E-state index contributed by atoms with van der Waals surface area (Å²) in [7, 11) is 1.56. The molecule has 9 nitrogen and oxygen atoms in total. The van der Waals surface area contributed by atoms with Gasteiger partial charge in [-0.2, -0.15) is 0 Å². The van der Waals surface area contributed by atoms with Gasteiger partial charge in [-0.3, -0.25) is 9.36 Å². The predicted octanol–water partition coefficient (Wildman–Crippen LogP) is 4.42. The van der Waals surface area contributed by atoms with Crippen LogP contribution in [0.1, 0.15) is 41.6 Å². The number of hydrogen-bond acceptors (Lipinski definition) is 8. The average molecular weight is 579 g/mol. The zero-order valence-corrected chi connectivity index (χ0v) is 23.2. The van der Waals surface area contributed by atoms with Crippen molar-refractivity contribution in [2.24, 2.45) is 4.99 Å². The number of fused-ring (bicyclic) bond motifs is 1. The Balaban J connectivity index is 1.62. The smallest absolute Gasteiger partial charge is 0.338 e. The molecule has 0 aliphatic carbocycles. The van der Waals surface area contributed by atoms with Crippen LogP contribution >= 0.6 is 22.9 Å². The summed E-state index contributed by atoms with van der Waals surface area (Å²) in [4.78, 5) is 43.2. The molecule has 2 aromatic heterocycles. The number of allylic oxidation sites excluding steroid dienone is 1. The fraction of sp³-hybridized carbons (Fsp3) is 0.172. The summed E-state index contributed by atoms with van der Waals surface area (Å²) in [5.41, 5.74) is 1.55. The second-order valence-corrected chi connectivity index (χ2v) is 10.2. The third kappa shape index (κ3) is 4.99. The zero-order chi connectivity index (χ0) is 28.6. The summed E-state index contributed by atoms with van der Waals surface area (Å²) in [6, 6.07) is 14.0. The fourth-order valence-corrected chi connectivity index (χ4v) is 5.68. The third-order valence-corrected chi connectivity index (χ3v) is 7.64. The minimum absolute atomic E-state index is 0.0666. The van der Waals surface area contributed by atoms with Gasteiger partial charge in [-0.15, -0.1) is 0 Å². The predicted molar refractivity (Wildman–Crippen MR) is 150 cm³/mol. The Morgan fingerprint density at radius 1 is 1.18 bits per heavy atom. The number of furan rings is 1. The Kier molecular flexibility index (Phi) is 7.46. The highest BCUT2D eigenvalue weighted by Gasteiger charge is 2.33. The molecule has 5 rings (SSSR count). The van der Waals surface area contributed by atoms with Crippen LogP contribution in [0.5, 0.6) is 5.75 Å². The van der Waals surface area contributed by atoms with Crippen molar-refractivity contribution in [3.8, 4) is 17.1 Å². The van der Waals surface area contributed by atoms with Gasteiger partial charge >= 0.3 is 11.9 Å². The van der Waals surface area contributed by atoms with E-state index in [9.17, 15) is 19.5 Å². The van der Waals surface area contributed by atoms with Gasteiger partial charge < -0.3 is 19.0 Å². The van der Waals surface area contributed by atoms with Crippen molar-refractivity contribution in [1.29, 1.82) is 0 Å². The molecule has 3 heterocycles. The Morgan fingerprint density at radius 2 is 1.93 bits per heavy atom. The molecular weight excluding hydrogens is 556 g/mol. The van der Waals surface area contributed by atoms with Gasteiger partial charge in [-0.1, -0.05) is 35.1 Å². The van der Waals surface area contributed by atoms with Crippen LogP contribution in [0.2, 0.25) is 5.02 Å². The minimum atomic E-state index is -1.09. The first-order valence-electron chi connectivity index (χ1n) is 12.2. The van der Waals surface area contributed by atoms with Crippen molar-refractivity contribution in [3.63, 3.8) is 0 Å². The van der Waals surface area contributed by atoms with E-state index in [1.807, 2.05) is 0 Å². The number of carbonyl (C=O) groups is 2. The van der Waals surface area contributed by atoms with Crippen molar-refractivity contribution < 1.29 is 28.6 Å². The first-order chi connectivity index (χ1) is 19.2. The molecule has 0 bridgehead atoms. The number of hydrogen-bond donors (Lipinski definition) is 1. The molecular formula is C29H23ClN2O7S. The third-order valence-electron chi connectivity index (χ3n) is 6.33. The standard InChI is InChI=1S/C29H23ClN2O7S/c1-4-38-28(36)24-15(2)31-29-32(25(24)16-5-8-18(37-3)9-6-16)26(33)23(40-29)14-19-10-12-22(39-19)20-13-17(27(34)35)7-11-21(20)30/h5-14,25H,4H2,1-3H3,(H,34,35)/b23-14-/t25-/m0/s1. The number of aromatic carboxylic acids is 1. The largest absolute Gasteiger partial charge is 0.497 e. The highest BCUT2D eigenvalue weighted by atomic mass is 35.5. The summed E-state index contributed by atoms with van der Waals surface area (Å²) in [6.07, 6.45) is 1.58. The Labute approximate surface area is 236 Å². The molecule has 11 heteroatoms. The number of carbonyl (C=O) groups excluding carboxylic acids is 1.